The number of primary amides is 1. The van der Waals surface area contributed by atoms with Crippen LogP contribution >= 0.6 is 0 Å². The van der Waals surface area contributed by atoms with Gasteiger partial charge in [-0.2, -0.15) is 0 Å². The van der Waals surface area contributed by atoms with Crippen LogP contribution in [0.2, 0.25) is 0 Å². The molecule has 7 amide bonds. The lowest BCUT2D eigenvalue weighted by molar-refractivity contribution is -0.130. The van der Waals surface area contributed by atoms with Crippen molar-refractivity contribution in [2.24, 2.45) is 22.0 Å². The van der Waals surface area contributed by atoms with Crippen LogP contribution in [0.4, 0.5) is 0 Å². The summed E-state index contributed by atoms with van der Waals surface area (Å²) in [6.45, 7) is 16.4. The van der Waals surface area contributed by atoms with Crippen molar-refractivity contribution in [3.05, 3.63) is 0 Å². The molecule has 0 bridgehead atoms. The van der Waals surface area contributed by atoms with Crippen molar-refractivity contribution in [3.8, 4) is 0 Å². The first-order chi connectivity index (χ1) is 40.5. The number of nitrogens with two attached hydrogens (primary N) is 1. The van der Waals surface area contributed by atoms with E-state index in [-0.39, 0.29) is 185 Å². The maximum absolute atomic E-state index is 12.9. The van der Waals surface area contributed by atoms with E-state index in [2.05, 4.69) is 52.8 Å². The Hall–Kier alpha value is -5.83. The minimum atomic E-state index is -0.689. The summed E-state index contributed by atoms with van der Waals surface area (Å²) in [6, 6.07) is -0.396. The molecule has 0 rings (SSSR count). The molecule has 0 aliphatic rings. The maximum Gasteiger partial charge on any atom is 0.246 e. The Morgan fingerprint density at radius 3 is 1.18 bits per heavy atom. The predicted octanol–water partition coefficient (Wildman–Crippen LogP) is -1.22. The summed E-state index contributed by atoms with van der Waals surface area (Å²) in [6.07, 6.45) is 2.59. The van der Waals surface area contributed by atoms with E-state index in [1.165, 1.54) is 6.92 Å². The zero-order valence-corrected chi connectivity index (χ0v) is 51.3. The molecule has 0 aromatic rings. The number of carbonyl (C=O) groups excluding carboxylic acids is 9. The summed E-state index contributed by atoms with van der Waals surface area (Å²) in [5.74, 6) is -3.21. The third-order valence-corrected chi connectivity index (χ3v) is 12.6. The highest BCUT2D eigenvalue weighted by Gasteiger charge is 2.27. The van der Waals surface area contributed by atoms with Gasteiger partial charge in [0, 0.05) is 83.8 Å². The first-order valence-corrected chi connectivity index (χ1v) is 29.0. The quantitative estimate of drug-likeness (QED) is 0.0147. The van der Waals surface area contributed by atoms with Crippen molar-refractivity contribution < 1.29 is 91.5 Å². The van der Waals surface area contributed by atoms with Crippen LogP contribution in [0, 0.1) is 5.92 Å². The number of rotatable bonds is 57. The smallest absolute Gasteiger partial charge is 0.246 e. The van der Waals surface area contributed by atoms with Gasteiger partial charge in [-0.3, -0.25) is 43.2 Å². The molecule has 85 heavy (non-hydrogen) atoms. The number of ether oxygens (including phenoxy) is 8. The summed E-state index contributed by atoms with van der Waals surface area (Å²) in [5, 5.41) is 48.2. The van der Waals surface area contributed by atoms with E-state index in [0.717, 1.165) is 0 Å². The number of nitrogens with zero attached hydrogens (tertiary/aromatic N) is 2. The Bertz CT molecular complexity index is 1960. The van der Waals surface area contributed by atoms with Crippen LogP contribution in [-0.2, 0) is 81.0 Å². The van der Waals surface area contributed by atoms with E-state index in [0.29, 0.717) is 89.5 Å². The number of carbonyl (C=O) groups is 9. The van der Waals surface area contributed by atoms with Crippen molar-refractivity contribution in [1.29, 1.82) is 0 Å². The second-order valence-corrected chi connectivity index (χ2v) is 20.8. The lowest BCUT2D eigenvalue weighted by Crippen LogP contribution is -2.57. The molecule has 30 nitrogen and oxygen atoms in total. The van der Waals surface area contributed by atoms with E-state index in [4.69, 9.17) is 43.6 Å². The fourth-order valence-electron chi connectivity index (χ4n) is 7.01. The summed E-state index contributed by atoms with van der Waals surface area (Å²) in [5.41, 5.74) is 5.17. The number of ketones is 2. The topological polar surface area (TPSA) is 415 Å². The minimum absolute atomic E-state index is 0.0481. The standard InChI is InChI=1S/C55H101N11O19/c1-41(67)37-82-30-26-80-24-20-60-51(73)39-84-32-28-78-22-18-58-48(70)13-10-14-49(71)59-19-23-79-29-33-85-40-52(74)61-21-25-81-27-31-83-38-46(68)34-44(53(56)75)12-8-9-17-57-47(69)15-11-16-50(72)64-45(35-62-54(4,5)42(2)65-76)36-63-55(6,7)43(3)66-77/h44-45,62-63,76-77H,8-40H2,1-7H3,(H2,56,75)(H,57,69)(H,58,70)(H,59,71)(H,60,73)(H,61,74)(H,64,72)/b65-42-,66-43-/t44-/m1/s1. The van der Waals surface area contributed by atoms with Crippen LogP contribution in [-0.4, -0.2) is 243 Å². The molecule has 0 saturated carbocycles. The van der Waals surface area contributed by atoms with E-state index in [1.807, 2.05) is 27.7 Å². The molecular formula is C55H101N11O19. The third-order valence-electron chi connectivity index (χ3n) is 12.6. The van der Waals surface area contributed by atoms with Gasteiger partial charge in [0.15, 0.2) is 11.6 Å². The second-order valence-electron chi connectivity index (χ2n) is 20.8. The highest BCUT2D eigenvalue weighted by atomic mass is 16.5. The fourth-order valence-corrected chi connectivity index (χ4v) is 7.01. The zero-order chi connectivity index (χ0) is 63.6. The zero-order valence-electron chi connectivity index (χ0n) is 51.3. The SMILES string of the molecule is CC(=O)COCCOCCNC(=O)COCCOCCNC(=O)CCCC(=O)NCCOCCOCC(=O)NCCOCCOCC(=O)C[C@@H](CCCCNC(=O)CCCC(=O)NC(CNC(C)(C)/C(C)=N\O)CNC(C)(C)/C(C)=N\O)C(N)=O. The molecule has 30 heteroatoms. The minimum Gasteiger partial charge on any atom is -0.411 e. The van der Waals surface area contributed by atoms with Crippen LogP contribution in [0.25, 0.3) is 0 Å². The monoisotopic (exact) mass is 1220 g/mol. The Morgan fingerprint density at radius 1 is 0.435 bits per heavy atom. The molecule has 12 N–H and O–H groups in total. The molecule has 0 aliphatic heterocycles. The summed E-state index contributed by atoms with van der Waals surface area (Å²) < 4.78 is 42.5. The molecule has 490 valence electrons. The lowest BCUT2D eigenvalue weighted by atomic mass is 9.95. The van der Waals surface area contributed by atoms with E-state index >= 15 is 0 Å². The van der Waals surface area contributed by atoms with Gasteiger partial charge in [-0.25, -0.2) is 0 Å². The molecule has 0 saturated heterocycles. The van der Waals surface area contributed by atoms with Gasteiger partial charge in [0.25, 0.3) is 0 Å². The normalized spacial score (nSPS) is 12.4. The lowest BCUT2D eigenvalue weighted by Gasteiger charge is -2.32. The van der Waals surface area contributed by atoms with Gasteiger partial charge in [-0.15, -0.1) is 0 Å². The number of Topliss-reactive ketones (excluding diaryl/α,β-unsaturated/α-hetero) is 2. The number of amides is 7. The highest BCUT2D eigenvalue weighted by Crippen LogP contribution is 2.14. The van der Waals surface area contributed by atoms with Gasteiger partial charge in [-0.1, -0.05) is 16.7 Å². The van der Waals surface area contributed by atoms with Crippen molar-refractivity contribution in [3.63, 3.8) is 0 Å². The summed E-state index contributed by atoms with van der Waals surface area (Å²) >= 11 is 0. The molecule has 0 fully saturated rings. The predicted molar refractivity (Wildman–Crippen MR) is 312 cm³/mol. The fraction of sp³-hybridized carbons (Fsp3) is 0.800. The van der Waals surface area contributed by atoms with Gasteiger partial charge in [-0.05, 0) is 74.1 Å². The van der Waals surface area contributed by atoms with E-state index in [1.54, 1.807) is 13.8 Å². The van der Waals surface area contributed by atoms with Gasteiger partial charge in [0.1, 0.15) is 26.4 Å². The molecule has 0 heterocycles. The first-order valence-electron chi connectivity index (χ1n) is 29.0. The van der Waals surface area contributed by atoms with Crippen molar-refractivity contribution in [1.82, 2.24) is 42.5 Å². The summed E-state index contributed by atoms with van der Waals surface area (Å²) in [7, 11) is 0. The molecule has 0 aromatic heterocycles. The summed E-state index contributed by atoms with van der Waals surface area (Å²) in [4.78, 5) is 109. The Balaban J connectivity index is 3.93. The molecule has 0 aromatic carbocycles. The van der Waals surface area contributed by atoms with Gasteiger partial charge in [0.2, 0.25) is 41.4 Å². The van der Waals surface area contributed by atoms with Crippen molar-refractivity contribution >= 4 is 64.3 Å². The van der Waals surface area contributed by atoms with Gasteiger partial charge >= 0.3 is 0 Å². The Kier molecular flexibility index (Phi) is 46.9. The van der Waals surface area contributed by atoms with E-state index in [9.17, 15) is 53.6 Å². The average Bonchev–Trinajstić information content (AvgIpc) is 3.50. The molecule has 0 spiro atoms. The number of hydrogen-bond acceptors (Lipinski definition) is 23. The van der Waals surface area contributed by atoms with Crippen molar-refractivity contribution in [2.45, 2.75) is 130 Å². The maximum atomic E-state index is 12.9. The van der Waals surface area contributed by atoms with Crippen LogP contribution in [0.1, 0.15) is 113 Å². The van der Waals surface area contributed by atoms with Crippen LogP contribution in [0.5, 0.6) is 0 Å². The average molecular weight is 1220 g/mol. The second kappa shape index (κ2) is 50.3. The number of oxime groups is 2. The molecular weight excluding hydrogens is 1120 g/mol. The van der Waals surface area contributed by atoms with Gasteiger partial charge in [0.05, 0.1) is 108 Å². The van der Waals surface area contributed by atoms with Crippen LogP contribution in [0.3, 0.4) is 0 Å². The third kappa shape index (κ3) is 47.1. The van der Waals surface area contributed by atoms with E-state index < -0.39 is 28.9 Å². The number of unbranched alkanes of at least 4 members (excludes halogenated alkanes) is 1. The molecule has 0 radical (unpaired) electrons. The molecule has 1 atom stereocenters. The van der Waals surface area contributed by atoms with Crippen LogP contribution in [0.15, 0.2) is 10.3 Å². The Labute approximate surface area is 500 Å². The largest absolute Gasteiger partial charge is 0.411 e. The highest BCUT2D eigenvalue weighted by molar-refractivity contribution is 5.91. The number of hydrogen-bond donors (Lipinski definition) is 11. The van der Waals surface area contributed by atoms with Crippen LogP contribution < -0.4 is 48.3 Å². The molecule has 0 aliphatic carbocycles. The van der Waals surface area contributed by atoms with Crippen molar-refractivity contribution in [2.75, 3.05) is 152 Å². The Morgan fingerprint density at radius 2 is 0.788 bits per heavy atom. The van der Waals surface area contributed by atoms with Gasteiger partial charge < -0.3 is 96.6 Å². The molecule has 0 unspecified atom stereocenters. The number of nitrogens with one attached hydrogen (secondary N) is 8. The first kappa shape index (κ1) is 79.2.